The van der Waals surface area contributed by atoms with E-state index in [1.165, 1.54) is 11.8 Å². The Morgan fingerprint density at radius 3 is 2.76 bits per heavy atom. The van der Waals surface area contributed by atoms with E-state index in [9.17, 15) is 9.90 Å². The maximum absolute atomic E-state index is 12.2. The third kappa shape index (κ3) is 6.47. The number of nitriles is 1. The predicted octanol–water partition coefficient (Wildman–Crippen LogP) is 1.75. The van der Waals surface area contributed by atoms with Crippen LogP contribution in [0.3, 0.4) is 0 Å². The summed E-state index contributed by atoms with van der Waals surface area (Å²) in [5.74, 6) is 5.27. The molecule has 0 aliphatic rings. The smallest absolute Gasteiger partial charge is 0.359 e. The van der Waals surface area contributed by atoms with Gasteiger partial charge in [0.05, 0.1) is 30.7 Å². The van der Waals surface area contributed by atoms with Gasteiger partial charge >= 0.3 is 5.97 Å². The highest BCUT2D eigenvalue weighted by atomic mass is 16.5. The number of benzene rings is 1. The van der Waals surface area contributed by atoms with E-state index in [4.69, 9.17) is 14.8 Å². The van der Waals surface area contributed by atoms with Crippen molar-refractivity contribution >= 4 is 23.8 Å². The SMILES string of the molecule is C=O.COC(=O)c1nn(-c2cc(C#CC(O)CCN(C)C)cc(CC#N)c2)c2ncccc12. The zero-order valence-corrected chi connectivity index (χ0v) is 18.8. The summed E-state index contributed by atoms with van der Waals surface area (Å²) in [7, 11) is 5.16. The average Bonchev–Trinajstić information content (AvgIpc) is 3.22. The molecule has 1 unspecified atom stereocenters. The van der Waals surface area contributed by atoms with Gasteiger partial charge in [-0.3, -0.25) is 0 Å². The lowest BCUT2D eigenvalue weighted by Crippen LogP contribution is -2.18. The highest BCUT2D eigenvalue weighted by Gasteiger charge is 2.19. The van der Waals surface area contributed by atoms with Gasteiger partial charge < -0.3 is 19.5 Å². The van der Waals surface area contributed by atoms with Crippen LogP contribution in [0.4, 0.5) is 0 Å². The molecule has 1 atom stereocenters. The first-order valence-corrected chi connectivity index (χ1v) is 9.99. The van der Waals surface area contributed by atoms with Crippen molar-refractivity contribution in [1.29, 1.82) is 5.26 Å². The Morgan fingerprint density at radius 2 is 2.09 bits per heavy atom. The fourth-order valence-electron chi connectivity index (χ4n) is 3.06. The van der Waals surface area contributed by atoms with Crippen LogP contribution in [0.15, 0.2) is 36.5 Å². The molecule has 0 amide bonds. The largest absolute Gasteiger partial charge is 0.464 e. The number of rotatable bonds is 6. The van der Waals surface area contributed by atoms with E-state index in [0.29, 0.717) is 28.7 Å². The van der Waals surface area contributed by atoms with Gasteiger partial charge in [0, 0.05) is 18.3 Å². The first-order valence-electron chi connectivity index (χ1n) is 9.99. The molecule has 0 spiro atoms. The highest BCUT2D eigenvalue weighted by molar-refractivity contribution is 6.01. The van der Waals surface area contributed by atoms with Crippen LogP contribution in [-0.4, -0.2) is 71.4 Å². The van der Waals surface area contributed by atoms with Gasteiger partial charge in [0.2, 0.25) is 0 Å². The maximum Gasteiger partial charge on any atom is 0.359 e. The number of carbonyl (C=O) groups is 2. The lowest BCUT2D eigenvalue weighted by molar-refractivity contribution is -0.0980. The van der Waals surface area contributed by atoms with E-state index in [0.717, 1.165) is 12.1 Å². The number of hydrogen-bond acceptors (Lipinski definition) is 8. The number of nitrogens with zero attached hydrogens (tertiary/aromatic N) is 5. The zero-order valence-electron chi connectivity index (χ0n) is 18.8. The third-order valence-corrected chi connectivity index (χ3v) is 4.56. The minimum absolute atomic E-state index is 0.156. The summed E-state index contributed by atoms with van der Waals surface area (Å²) in [6.45, 7) is 2.72. The molecule has 0 fully saturated rings. The minimum Gasteiger partial charge on any atom is -0.464 e. The standard InChI is InChI=1S/C23H23N5O3.CH2O/c1-27(2)12-9-19(29)7-6-16-13-17(8-10-24)15-18(14-16)28-22-20(5-4-11-25-22)21(26-28)23(30)31-3;1-2/h4-5,11,13-15,19,29H,8-9,12H2,1-3H3;1H2. The van der Waals surface area contributed by atoms with Crippen LogP contribution in [0.25, 0.3) is 16.7 Å². The molecule has 2 aromatic heterocycles. The van der Waals surface area contributed by atoms with Gasteiger partial charge in [-0.05, 0) is 56.4 Å². The Bertz CT molecular complexity index is 1220. The molecular weight excluding hydrogens is 422 g/mol. The second-order valence-electron chi connectivity index (χ2n) is 7.23. The van der Waals surface area contributed by atoms with Crippen LogP contribution in [0.2, 0.25) is 0 Å². The summed E-state index contributed by atoms with van der Waals surface area (Å²) in [4.78, 5) is 26.5. The van der Waals surface area contributed by atoms with E-state index in [1.807, 2.05) is 25.8 Å². The molecule has 9 nitrogen and oxygen atoms in total. The lowest BCUT2D eigenvalue weighted by atomic mass is 10.1. The molecule has 0 bridgehead atoms. The van der Waals surface area contributed by atoms with Crippen molar-refractivity contribution in [3.63, 3.8) is 0 Å². The number of hydrogen-bond donors (Lipinski definition) is 1. The van der Waals surface area contributed by atoms with Gasteiger partial charge in [-0.2, -0.15) is 10.4 Å². The van der Waals surface area contributed by atoms with Crippen LogP contribution in [-0.2, 0) is 16.0 Å². The van der Waals surface area contributed by atoms with E-state index in [-0.39, 0.29) is 12.1 Å². The van der Waals surface area contributed by atoms with Crippen LogP contribution >= 0.6 is 0 Å². The molecule has 0 saturated heterocycles. The van der Waals surface area contributed by atoms with Gasteiger partial charge in [0.1, 0.15) is 12.9 Å². The molecule has 3 rings (SSSR count). The Morgan fingerprint density at radius 1 is 1.33 bits per heavy atom. The summed E-state index contributed by atoms with van der Waals surface area (Å²) in [5.41, 5.74) is 2.63. The van der Waals surface area contributed by atoms with Gasteiger partial charge in [-0.25, -0.2) is 14.5 Å². The molecule has 1 aromatic carbocycles. The molecule has 0 aliphatic heterocycles. The van der Waals surface area contributed by atoms with Gasteiger partial charge in [-0.1, -0.05) is 11.8 Å². The van der Waals surface area contributed by atoms with Crippen LogP contribution in [0, 0.1) is 23.2 Å². The number of fused-ring (bicyclic) bond motifs is 1. The topological polar surface area (TPSA) is 121 Å². The second kappa shape index (κ2) is 12.1. The number of aliphatic hydroxyl groups is 1. The maximum atomic E-state index is 12.2. The summed E-state index contributed by atoms with van der Waals surface area (Å²) >= 11 is 0. The predicted molar refractivity (Wildman–Crippen MR) is 123 cm³/mol. The van der Waals surface area contributed by atoms with Crippen molar-refractivity contribution in [2.75, 3.05) is 27.7 Å². The Labute approximate surface area is 192 Å². The molecule has 2 heterocycles. The van der Waals surface area contributed by atoms with E-state index < -0.39 is 12.1 Å². The van der Waals surface area contributed by atoms with E-state index >= 15 is 0 Å². The summed E-state index contributed by atoms with van der Waals surface area (Å²) < 4.78 is 6.38. The number of aromatic nitrogens is 3. The Hall–Kier alpha value is -4.05. The molecular formula is C24H25N5O4. The third-order valence-electron chi connectivity index (χ3n) is 4.56. The van der Waals surface area contributed by atoms with E-state index in [1.54, 1.807) is 36.5 Å². The number of carbonyl (C=O) groups excluding carboxylic acids is 2. The van der Waals surface area contributed by atoms with Gasteiger partial charge in [0.15, 0.2) is 11.3 Å². The van der Waals surface area contributed by atoms with Crippen molar-refractivity contribution in [1.82, 2.24) is 19.7 Å². The molecule has 33 heavy (non-hydrogen) atoms. The monoisotopic (exact) mass is 447 g/mol. The fraction of sp³-hybridized carbons (Fsp3) is 0.292. The van der Waals surface area contributed by atoms with E-state index in [2.05, 4.69) is 28.0 Å². The van der Waals surface area contributed by atoms with Crippen molar-refractivity contribution < 1.29 is 19.4 Å². The van der Waals surface area contributed by atoms with Crippen LogP contribution < -0.4 is 0 Å². The molecule has 0 aliphatic carbocycles. The molecule has 0 saturated carbocycles. The van der Waals surface area contributed by atoms with Crippen LogP contribution in [0.5, 0.6) is 0 Å². The lowest BCUT2D eigenvalue weighted by Gasteiger charge is -2.10. The minimum atomic E-state index is -0.761. The summed E-state index contributed by atoms with van der Waals surface area (Å²) in [6, 6.07) is 11.0. The highest BCUT2D eigenvalue weighted by Crippen LogP contribution is 2.23. The normalized spacial score (nSPS) is 11.0. The van der Waals surface area contributed by atoms with Crippen molar-refractivity contribution in [2.45, 2.75) is 18.9 Å². The number of ether oxygens (including phenoxy) is 1. The zero-order chi connectivity index (χ0) is 24.4. The Kier molecular flexibility index (Phi) is 9.25. The first-order chi connectivity index (χ1) is 15.9. The van der Waals surface area contributed by atoms with Crippen molar-refractivity contribution in [3.05, 3.63) is 53.3 Å². The van der Waals surface area contributed by atoms with Crippen molar-refractivity contribution in [3.8, 4) is 23.6 Å². The van der Waals surface area contributed by atoms with Crippen molar-refractivity contribution in [2.24, 2.45) is 0 Å². The molecule has 3 aromatic rings. The molecule has 1 N–H and O–H groups in total. The van der Waals surface area contributed by atoms with Crippen LogP contribution in [0.1, 0.15) is 28.0 Å². The number of aliphatic hydroxyl groups excluding tert-OH is 1. The number of methoxy groups -OCH3 is 1. The number of pyridine rings is 1. The molecule has 0 radical (unpaired) electrons. The average molecular weight is 447 g/mol. The van der Waals surface area contributed by atoms with Gasteiger partial charge in [-0.15, -0.1) is 0 Å². The summed E-state index contributed by atoms with van der Waals surface area (Å²) in [5, 5.41) is 24.3. The fourth-order valence-corrected chi connectivity index (χ4v) is 3.06. The first kappa shape index (κ1) is 25.2. The Balaban J connectivity index is 0.00000187. The molecule has 170 valence electrons. The molecule has 9 heteroatoms. The van der Waals surface area contributed by atoms with Gasteiger partial charge in [0.25, 0.3) is 0 Å². The summed E-state index contributed by atoms with van der Waals surface area (Å²) in [6.07, 6.45) is 1.56. The number of esters is 1. The second-order valence-corrected chi connectivity index (χ2v) is 7.23. The quantitative estimate of drug-likeness (QED) is 0.448.